The highest BCUT2D eigenvalue weighted by molar-refractivity contribution is 5.81. The van der Waals surface area contributed by atoms with Crippen LogP contribution in [0.25, 0.3) is 0 Å². The molecule has 1 N–H and O–H groups in total. The van der Waals surface area contributed by atoms with E-state index < -0.39 is 5.97 Å². The van der Waals surface area contributed by atoms with Gasteiger partial charge in [-0.15, -0.1) is 0 Å². The number of hydrogen-bond donors (Lipinski definition) is 1. The first-order valence-electron chi connectivity index (χ1n) is 6.49. The summed E-state index contributed by atoms with van der Waals surface area (Å²) < 4.78 is 0. The Morgan fingerprint density at radius 1 is 1.24 bits per heavy atom. The van der Waals surface area contributed by atoms with Crippen LogP contribution in [0.4, 0.5) is 0 Å². The van der Waals surface area contributed by atoms with Crippen molar-refractivity contribution < 1.29 is 9.90 Å². The molecule has 0 aliphatic rings. The van der Waals surface area contributed by atoms with Crippen LogP contribution in [0.15, 0.2) is 23.8 Å². The largest absolute Gasteiger partial charge is 0.478 e. The van der Waals surface area contributed by atoms with E-state index in [1.165, 1.54) is 25.3 Å². The highest BCUT2D eigenvalue weighted by Crippen LogP contribution is 2.15. The molecule has 0 saturated carbocycles. The van der Waals surface area contributed by atoms with Crippen molar-refractivity contribution in [1.82, 2.24) is 0 Å². The van der Waals surface area contributed by atoms with E-state index in [1.54, 1.807) is 0 Å². The van der Waals surface area contributed by atoms with Gasteiger partial charge in [0.25, 0.3) is 0 Å². The first-order chi connectivity index (χ1) is 7.91. The number of carboxylic acids is 1. The molecule has 0 bridgehead atoms. The summed E-state index contributed by atoms with van der Waals surface area (Å²) in [4.78, 5) is 10.4. The molecule has 2 nitrogen and oxygen atoms in total. The van der Waals surface area contributed by atoms with Crippen LogP contribution in [-0.4, -0.2) is 11.1 Å². The zero-order chi connectivity index (χ0) is 13.3. The van der Waals surface area contributed by atoms with Crippen molar-refractivity contribution >= 4 is 5.97 Å². The molecule has 0 spiro atoms. The van der Waals surface area contributed by atoms with Gasteiger partial charge in [-0.3, -0.25) is 0 Å². The number of aliphatic carboxylic acids is 1. The monoisotopic (exact) mass is 238 g/mol. The molecular formula is C15H26O2. The number of hydrogen-bond acceptors (Lipinski definition) is 1. The number of rotatable bonds is 8. The smallest absolute Gasteiger partial charge is 0.328 e. The molecule has 17 heavy (non-hydrogen) atoms. The highest BCUT2D eigenvalue weighted by atomic mass is 16.4. The summed E-state index contributed by atoms with van der Waals surface area (Å²) in [5.74, 6) is 0.596. The van der Waals surface area contributed by atoms with Gasteiger partial charge in [0.2, 0.25) is 0 Å². The second kappa shape index (κ2) is 9.03. The van der Waals surface area contributed by atoms with Crippen molar-refractivity contribution in [2.24, 2.45) is 11.8 Å². The topological polar surface area (TPSA) is 37.3 Å². The summed E-state index contributed by atoms with van der Waals surface area (Å²) in [5.41, 5.74) is 0.798. The van der Waals surface area contributed by atoms with Gasteiger partial charge in [-0.05, 0) is 30.8 Å². The summed E-state index contributed by atoms with van der Waals surface area (Å²) in [7, 11) is 0. The number of carboxylic acid groups (broad SMARTS) is 1. The van der Waals surface area contributed by atoms with E-state index in [-0.39, 0.29) is 0 Å². The van der Waals surface area contributed by atoms with Gasteiger partial charge in [-0.1, -0.05) is 52.2 Å². The molecule has 0 aromatic rings. The molecule has 2 heteroatoms. The SMILES string of the molecule is CC(=C/C(=O)O)/C=C/C[C@H](C)CCCC(C)C. The van der Waals surface area contributed by atoms with Gasteiger partial charge in [0.1, 0.15) is 0 Å². The van der Waals surface area contributed by atoms with Crippen LogP contribution < -0.4 is 0 Å². The van der Waals surface area contributed by atoms with E-state index in [4.69, 9.17) is 5.11 Å². The second-order valence-corrected chi connectivity index (χ2v) is 5.29. The zero-order valence-electron chi connectivity index (χ0n) is 11.6. The highest BCUT2D eigenvalue weighted by Gasteiger charge is 2.01. The molecule has 0 aromatic heterocycles. The Balaban J connectivity index is 3.79. The molecule has 0 saturated heterocycles. The van der Waals surface area contributed by atoms with Crippen LogP contribution in [0.2, 0.25) is 0 Å². The molecule has 0 aliphatic carbocycles. The van der Waals surface area contributed by atoms with E-state index in [0.717, 1.165) is 17.9 Å². The van der Waals surface area contributed by atoms with E-state index in [9.17, 15) is 4.79 Å². The summed E-state index contributed by atoms with van der Waals surface area (Å²) in [6.07, 6.45) is 10.1. The summed E-state index contributed by atoms with van der Waals surface area (Å²) in [6.45, 7) is 8.57. The quantitative estimate of drug-likeness (QED) is 0.502. The Morgan fingerprint density at radius 2 is 1.88 bits per heavy atom. The molecule has 0 aliphatic heterocycles. The van der Waals surface area contributed by atoms with Gasteiger partial charge < -0.3 is 5.11 Å². The third-order valence-corrected chi connectivity index (χ3v) is 2.75. The lowest BCUT2D eigenvalue weighted by molar-refractivity contribution is -0.131. The van der Waals surface area contributed by atoms with Crippen LogP contribution in [0.5, 0.6) is 0 Å². The fraction of sp³-hybridized carbons (Fsp3) is 0.667. The van der Waals surface area contributed by atoms with E-state index >= 15 is 0 Å². The standard InChI is InChI=1S/C15H26O2/c1-12(2)7-5-8-13(3)9-6-10-14(4)11-15(16)17/h6,10-13H,5,7-9H2,1-4H3,(H,16,17)/b10-6+,14-11-/t13-/m1/s1. The van der Waals surface area contributed by atoms with Crippen molar-refractivity contribution in [2.75, 3.05) is 0 Å². The van der Waals surface area contributed by atoms with E-state index in [2.05, 4.69) is 26.8 Å². The third-order valence-electron chi connectivity index (χ3n) is 2.75. The fourth-order valence-electron chi connectivity index (χ4n) is 1.72. The Morgan fingerprint density at radius 3 is 2.41 bits per heavy atom. The fourth-order valence-corrected chi connectivity index (χ4v) is 1.72. The van der Waals surface area contributed by atoms with Crippen LogP contribution in [0, 0.1) is 11.8 Å². The van der Waals surface area contributed by atoms with E-state index in [0.29, 0.717) is 5.92 Å². The molecule has 0 unspecified atom stereocenters. The molecule has 0 radical (unpaired) electrons. The maximum absolute atomic E-state index is 10.4. The van der Waals surface area contributed by atoms with Gasteiger partial charge in [-0.2, -0.15) is 0 Å². The van der Waals surface area contributed by atoms with Crippen LogP contribution in [0.3, 0.4) is 0 Å². The predicted molar refractivity (Wildman–Crippen MR) is 73.0 cm³/mol. The van der Waals surface area contributed by atoms with Crippen LogP contribution in [0.1, 0.15) is 53.4 Å². The first-order valence-corrected chi connectivity index (χ1v) is 6.49. The first kappa shape index (κ1) is 16.0. The lowest BCUT2D eigenvalue weighted by atomic mass is 9.97. The minimum atomic E-state index is -0.878. The van der Waals surface area contributed by atoms with Crippen LogP contribution >= 0.6 is 0 Å². The second-order valence-electron chi connectivity index (χ2n) is 5.29. The minimum absolute atomic E-state index is 0.683. The molecule has 98 valence electrons. The van der Waals surface area contributed by atoms with Crippen molar-refractivity contribution in [3.05, 3.63) is 23.8 Å². The maximum Gasteiger partial charge on any atom is 0.328 e. The molecule has 0 fully saturated rings. The van der Waals surface area contributed by atoms with Gasteiger partial charge in [0.15, 0.2) is 0 Å². The Labute approximate surface area is 105 Å². The van der Waals surface area contributed by atoms with Gasteiger partial charge in [-0.25, -0.2) is 4.79 Å². The molecule has 0 aromatic carbocycles. The lowest BCUT2D eigenvalue weighted by Gasteiger charge is -2.09. The molecular weight excluding hydrogens is 212 g/mol. The van der Waals surface area contributed by atoms with E-state index in [1.807, 2.05) is 13.0 Å². The Kier molecular flexibility index (Phi) is 8.47. The lowest BCUT2D eigenvalue weighted by Crippen LogP contribution is -1.95. The molecule has 0 amide bonds. The zero-order valence-corrected chi connectivity index (χ0v) is 11.6. The summed E-state index contributed by atoms with van der Waals surface area (Å²) in [6, 6.07) is 0. The number of carbonyl (C=O) groups is 1. The summed E-state index contributed by atoms with van der Waals surface area (Å²) >= 11 is 0. The van der Waals surface area contributed by atoms with Crippen molar-refractivity contribution in [3.8, 4) is 0 Å². The minimum Gasteiger partial charge on any atom is -0.478 e. The van der Waals surface area contributed by atoms with Crippen molar-refractivity contribution in [3.63, 3.8) is 0 Å². The van der Waals surface area contributed by atoms with Crippen molar-refractivity contribution in [1.29, 1.82) is 0 Å². The molecule has 0 rings (SSSR count). The van der Waals surface area contributed by atoms with Crippen molar-refractivity contribution in [2.45, 2.75) is 53.4 Å². The molecule has 0 heterocycles. The summed E-state index contributed by atoms with van der Waals surface area (Å²) in [5, 5.41) is 8.55. The van der Waals surface area contributed by atoms with Gasteiger partial charge in [0.05, 0.1) is 0 Å². The predicted octanol–water partition coefficient (Wildman–Crippen LogP) is 4.43. The molecule has 1 atom stereocenters. The average Bonchev–Trinajstić information content (AvgIpc) is 2.15. The number of allylic oxidation sites excluding steroid dienone is 3. The Hall–Kier alpha value is -1.05. The van der Waals surface area contributed by atoms with Gasteiger partial charge in [0, 0.05) is 6.08 Å². The maximum atomic E-state index is 10.4. The normalized spacial score (nSPS) is 14.5. The van der Waals surface area contributed by atoms with Crippen LogP contribution in [-0.2, 0) is 4.79 Å². The average molecular weight is 238 g/mol. The Bertz CT molecular complexity index is 275. The third kappa shape index (κ3) is 11.2. The van der Waals surface area contributed by atoms with Gasteiger partial charge >= 0.3 is 5.97 Å².